The minimum absolute atomic E-state index is 0.360. The van der Waals surface area contributed by atoms with Crippen LogP contribution in [0, 0.1) is 11.3 Å². The van der Waals surface area contributed by atoms with Crippen LogP contribution in [0.3, 0.4) is 0 Å². The van der Waals surface area contributed by atoms with Crippen molar-refractivity contribution in [3.05, 3.63) is 0 Å². The molecule has 2 atom stereocenters. The average molecular weight is 210 g/mol. The van der Waals surface area contributed by atoms with Gasteiger partial charge in [-0.3, -0.25) is 0 Å². The predicted molar refractivity (Wildman–Crippen MR) is 60.5 cm³/mol. The zero-order valence-corrected chi connectivity index (χ0v) is 9.67. The summed E-state index contributed by atoms with van der Waals surface area (Å²) in [5.74, 6) is 0. The number of rotatable bonds is 6. The summed E-state index contributed by atoms with van der Waals surface area (Å²) in [6, 6.07) is 2.57. The normalized spacial score (nSPS) is 23.3. The Morgan fingerprint density at radius 1 is 1.53 bits per heavy atom. The molecule has 2 unspecified atom stereocenters. The van der Waals surface area contributed by atoms with Crippen molar-refractivity contribution in [3.63, 3.8) is 0 Å². The molecule has 3 heteroatoms. The van der Waals surface area contributed by atoms with E-state index in [4.69, 9.17) is 10.00 Å². The van der Waals surface area contributed by atoms with Crippen molar-refractivity contribution in [2.45, 2.75) is 57.6 Å². The Morgan fingerprint density at radius 2 is 2.40 bits per heavy atom. The fourth-order valence-electron chi connectivity index (χ4n) is 1.95. The highest BCUT2D eigenvalue weighted by Gasteiger charge is 2.13. The standard InChI is InChI=1S/C12H22N2O/c1-2-11(6-8-13)14-9-7-12-5-3-4-10-15-12/h11-12,14H,2-7,9-10H2,1H3. The first-order valence-corrected chi connectivity index (χ1v) is 6.08. The molecule has 0 amide bonds. The maximum atomic E-state index is 8.60. The van der Waals surface area contributed by atoms with Crippen LogP contribution in [0.15, 0.2) is 0 Å². The summed E-state index contributed by atoms with van der Waals surface area (Å²) < 4.78 is 5.65. The molecular formula is C12H22N2O. The number of nitriles is 1. The summed E-state index contributed by atoms with van der Waals surface area (Å²) in [5, 5.41) is 12.0. The lowest BCUT2D eigenvalue weighted by molar-refractivity contribution is 0.0112. The monoisotopic (exact) mass is 210 g/mol. The number of hydrogen-bond donors (Lipinski definition) is 1. The Balaban J connectivity index is 2.06. The maximum Gasteiger partial charge on any atom is 0.0638 e. The van der Waals surface area contributed by atoms with Gasteiger partial charge in [-0.2, -0.15) is 5.26 Å². The minimum Gasteiger partial charge on any atom is -0.378 e. The van der Waals surface area contributed by atoms with Gasteiger partial charge in [-0.25, -0.2) is 0 Å². The highest BCUT2D eigenvalue weighted by Crippen LogP contribution is 2.15. The van der Waals surface area contributed by atoms with Gasteiger partial charge in [0.15, 0.2) is 0 Å². The van der Waals surface area contributed by atoms with E-state index in [9.17, 15) is 0 Å². The summed E-state index contributed by atoms with van der Waals surface area (Å²) in [6.07, 6.45) is 6.90. The lowest BCUT2D eigenvalue weighted by atomic mass is 10.1. The molecule has 1 heterocycles. The quantitative estimate of drug-likeness (QED) is 0.731. The van der Waals surface area contributed by atoms with Crippen LogP contribution in [0.4, 0.5) is 0 Å². The number of hydrogen-bond acceptors (Lipinski definition) is 3. The Kier molecular flexibility index (Phi) is 6.38. The summed E-state index contributed by atoms with van der Waals surface area (Å²) in [6.45, 7) is 4.02. The molecular weight excluding hydrogens is 188 g/mol. The first kappa shape index (κ1) is 12.5. The molecule has 0 aromatic rings. The van der Waals surface area contributed by atoms with Crippen LogP contribution >= 0.6 is 0 Å². The largest absolute Gasteiger partial charge is 0.378 e. The minimum atomic E-state index is 0.360. The summed E-state index contributed by atoms with van der Waals surface area (Å²) >= 11 is 0. The van der Waals surface area contributed by atoms with Crippen molar-refractivity contribution in [2.24, 2.45) is 0 Å². The Hall–Kier alpha value is -0.590. The fourth-order valence-corrected chi connectivity index (χ4v) is 1.95. The van der Waals surface area contributed by atoms with E-state index < -0.39 is 0 Å². The third-order valence-electron chi connectivity index (χ3n) is 3.00. The van der Waals surface area contributed by atoms with Crippen molar-refractivity contribution in [3.8, 4) is 6.07 Å². The van der Waals surface area contributed by atoms with Crippen molar-refractivity contribution in [1.29, 1.82) is 5.26 Å². The van der Waals surface area contributed by atoms with E-state index in [1.54, 1.807) is 0 Å². The van der Waals surface area contributed by atoms with Crippen LogP contribution in [-0.2, 0) is 4.74 Å². The van der Waals surface area contributed by atoms with Crippen molar-refractivity contribution >= 4 is 0 Å². The van der Waals surface area contributed by atoms with Crippen LogP contribution in [0.2, 0.25) is 0 Å². The summed E-state index contributed by atoms with van der Waals surface area (Å²) in [7, 11) is 0. The topological polar surface area (TPSA) is 45.0 Å². The smallest absolute Gasteiger partial charge is 0.0638 e. The Labute approximate surface area is 92.8 Å². The third kappa shape index (κ3) is 5.15. The van der Waals surface area contributed by atoms with Gasteiger partial charge < -0.3 is 10.1 Å². The molecule has 0 saturated carbocycles. The second-order valence-electron chi connectivity index (χ2n) is 4.20. The number of nitrogens with zero attached hydrogens (tertiary/aromatic N) is 1. The van der Waals surface area contributed by atoms with Gasteiger partial charge in [-0.05, 0) is 38.6 Å². The third-order valence-corrected chi connectivity index (χ3v) is 3.00. The fraction of sp³-hybridized carbons (Fsp3) is 0.917. The SMILES string of the molecule is CCC(CC#N)NCCC1CCCCO1. The van der Waals surface area contributed by atoms with Gasteiger partial charge in [0, 0.05) is 12.6 Å². The Morgan fingerprint density at radius 3 is 3.00 bits per heavy atom. The second kappa shape index (κ2) is 7.67. The first-order valence-electron chi connectivity index (χ1n) is 6.08. The predicted octanol–water partition coefficient (Wildman–Crippen LogP) is 2.23. The van der Waals surface area contributed by atoms with Crippen molar-refractivity contribution < 1.29 is 4.74 Å². The number of nitrogens with one attached hydrogen (secondary N) is 1. The van der Waals surface area contributed by atoms with Gasteiger partial charge in [0.05, 0.1) is 18.6 Å². The van der Waals surface area contributed by atoms with Gasteiger partial charge in [0.1, 0.15) is 0 Å². The van der Waals surface area contributed by atoms with Crippen LogP contribution < -0.4 is 5.32 Å². The van der Waals surface area contributed by atoms with Gasteiger partial charge >= 0.3 is 0 Å². The van der Waals surface area contributed by atoms with Gasteiger partial charge in [-0.15, -0.1) is 0 Å². The van der Waals surface area contributed by atoms with Crippen LogP contribution in [-0.4, -0.2) is 25.3 Å². The molecule has 1 fully saturated rings. The highest BCUT2D eigenvalue weighted by molar-refractivity contribution is 4.80. The molecule has 0 aromatic carbocycles. The molecule has 1 saturated heterocycles. The average Bonchev–Trinajstić information content (AvgIpc) is 2.29. The van der Waals surface area contributed by atoms with Crippen LogP contribution in [0.5, 0.6) is 0 Å². The van der Waals surface area contributed by atoms with E-state index in [1.165, 1.54) is 19.3 Å². The molecule has 86 valence electrons. The maximum absolute atomic E-state index is 8.60. The second-order valence-corrected chi connectivity index (χ2v) is 4.20. The molecule has 15 heavy (non-hydrogen) atoms. The molecule has 0 spiro atoms. The van der Waals surface area contributed by atoms with E-state index in [1.807, 2.05) is 0 Å². The molecule has 0 bridgehead atoms. The van der Waals surface area contributed by atoms with E-state index in [2.05, 4.69) is 18.3 Å². The van der Waals surface area contributed by atoms with Crippen molar-refractivity contribution in [1.82, 2.24) is 5.32 Å². The number of ether oxygens (including phenoxy) is 1. The Bertz CT molecular complexity index is 194. The van der Waals surface area contributed by atoms with E-state index in [-0.39, 0.29) is 0 Å². The van der Waals surface area contributed by atoms with Gasteiger partial charge in [0.2, 0.25) is 0 Å². The van der Waals surface area contributed by atoms with E-state index in [0.29, 0.717) is 18.6 Å². The first-order chi connectivity index (χ1) is 7.36. The molecule has 0 radical (unpaired) electrons. The van der Waals surface area contributed by atoms with E-state index in [0.717, 1.165) is 26.0 Å². The highest BCUT2D eigenvalue weighted by atomic mass is 16.5. The zero-order chi connectivity index (χ0) is 10.9. The molecule has 1 rings (SSSR count). The summed E-state index contributed by atoms with van der Waals surface area (Å²) in [4.78, 5) is 0. The lowest BCUT2D eigenvalue weighted by Crippen LogP contribution is -2.32. The zero-order valence-electron chi connectivity index (χ0n) is 9.67. The molecule has 0 aromatic heterocycles. The molecule has 1 aliphatic rings. The van der Waals surface area contributed by atoms with Gasteiger partial charge in [-0.1, -0.05) is 6.92 Å². The molecule has 1 aliphatic heterocycles. The van der Waals surface area contributed by atoms with E-state index >= 15 is 0 Å². The molecule has 0 aliphatic carbocycles. The molecule has 3 nitrogen and oxygen atoms in total. The van der Waals surface area contributed by atoms with Crippen LogP contribution in [0.1, 0.15) is 45.4 Å². The lowest BCUT2D eigenvalue weighted by Gasteiger charge is -2.23. The van der Waals surface area contributed by atoms with Gasteiger partial charge in [0.25, 0.3) is 0 Å². The summed E-state index contributed by atoms with van der Waals surface area (Å²) in [5.41, 5.74) is 0. The van der Waals surface area contributed by atoms with Crippen molar-refractivity contribution in [2.75, 3.05) is 13.2 Å². The van der Waals surface area contributed by atoms with Crippen LogP contribution in [0.25, 0.3) is 0 Å². The molecule has 1 N–H and O–H groups in total.